The number of hydrogen-bond donors (Lipinski definition) is 2. The number of rotatable bonds is 6. The Bertz CT molecular complexity index is 1110. The summed E-state index contributed by atoms with van der Waals surface area (Å²) in [4.78, 5) is 23.9. The zero-order valence-electron chi connectivity index (χ0n) is 18.7. The van der Waals surface area contributed by atoms with Crippen LogP contribution < -0.4 is 5.32 Å². The van der Waals surface area contributed by atoms with Crippen LogP contribution in [-0.4, -0.2) is 40.4 Å². The van der Waals surface area contributed by atoms with Crippen molar-refractivity contribution >= 4 is 22.6 Å². The molecule has 0 radical (unpaired) electrons. The molecule has 0 bridgehead atoms. The highest BCUT2D eigenvalue weighted by Crippen LogP contribution is 2.49. The highest BCUT2D eigenvalue weighted by molar-refractivity contribution is 6.07. The predicted molar refractivity (Wildman–Crippen MR) is 128 cm³/mol. The quantitative estimate of drug-likeness (QED) is 0.535. The lowest BCUT2D eigenvalue weighted by atomic mass is 9.68. The van der Waals surface area contributed by atoms with E-state index in [1.165, 1.54) is 30.4 Å². The molecule has 1 aliphatic carbocycles. The van der Waals surface area contributed by atoms with E-state index in [1.54, 1.807) is 0 Å². The number of unbranched alkanes of at least 4 members (excludes halogenated alkanes) is 1. The normalized spacial score (nSPS) is 23.4. The molecule has 2 aliphatic heterocycles. The highest BCUT2D eigenvalue weighted by Gasteiger charge is 2.48. The number of amides is 1. The van der Waals surface area contributed by atoms with Gasteiger partial charge in [-0.3, -0.25) is 4.79 Å². The molecule has 1 saturated heterocycles. The van der Waals surface area contributed by atoms with Crippen molar-refractivity contribution in [1.29, 1.82) is 0 Å². The Labute approximate surface area is 189 Å². The predicted octanol–water partition coefficient (Wildman–Crippen LogP) is 5.14. The van der Waals surface area contributed by atoms with E-state index in [2.05, 4.69) is 57.7 Å². The van der Waals surface area contributed by atoms with Crippen molar-refractivity contribution in [2.24, 2.45) is 0 Å². The molecule has 6 rings (SSSR count). The van der Waals surface area contributed by atoms with Gasteiger partial charge in [0.15, 0.2) is 0 Å². The van der Waals surface area contributed by atoms with Crippen molar-refractivity contribution < 1.29 is 4.79 Å². The second-order valence-electron chi connectivity index (χ2n) is 9.94. The maximum Gasteiger partial charge on any atom is 0.235 e. The van der Waals surface area contributed by atoms with E-state index in [0.29, 0.717) is 5.92 Å². The zero-order chi connectivity index (χ0) is 21.5. The number of aryl methyl sites for hydroxylation is 1. The molecule has 32 heavy (non-hydrogen) atoms. The molecule has 1 fully saturated rings. The van der Waals surface area contributed by atoms with Crippen LogP contribution in [-0.2, 0) is 16.6 Å². The van der Waals surface area contributed by atoms with Crippen LogP contribution in [0.1, 0.15) is 67.8 Å². The van der Waals surface area contributed by atoms with Crippen molar-refractivity contribution in [3.63, 3.8) is 0 Å². The number of benzene rings is 2. The van der Waals surface area contributed by atoms with Crippen LogP contribution in [0.15, 0.2) is 42.5 Å². The van der Waals surface area contributed by atoms with Crippen LogP contribution in [0.3, 0.4) is 0 Å². The number of nitrogens with one attached hydrogen (secondary N) is 2. The largest absolute Gasteiger partial charge is 0.342 e. The third kappa shape index (κ3) is 3.34. The van der Waals surface area contributed by atoms with Gasteiger partial charge in [0.25, 0.3) is 0 Å². The lowest BCUT2D eigenvalue weighted by Crippen LogP contribution is -2.38. The molecule has 166 valence electrons. The number of likely N-dealkylation sites (tertiary alicyclic amines) is 1. The van der Waals surface area contributed by atoms with Gasteiger partial charge in [0, 0.05) is 11.6 Å². The van der Waals surface area contributed by atoms with E-state index in [0.717, 1.165) is 74.3 Å². The summed E-state index contributed by atoms with van der Waals surface area (Å²) in [7, 11) is 0. The SMILES string of the molecule is O=C1Nc2cccc3c2C1(CCCCN1CCC(c2nc4ccccc4[nH]2)CC1)CCC3. The Kier molecular flexibility index (Phi) is 5.02. The van der Waals surface area contributed by atoms with Gasteiger partial charge in [-0.25, -0.2) is 4.98 Å². The van der Waals surface area contributed by atoms with E-state index < -0.39 is 0 Å². The van der Waals surface area contributed by atoms with Crippen LogP contribution in [0.5, 0.6) is 0 Å². The van der Waals surface area contributed by atoms with Gasteiger partial charge in [-0.1, -0.05) is 30.7 Å². The number of carbonyl (C=O) groups is 1. The number of para-hydroxylation sites is 2. The van der Waals surface area contributed by atoms with Crippen LogP contribution in [0.2, 0.25) is 0 Å². The average Bonchev–Trinajstić information content (AvgIpc) is 3.38. The van der Waals surface area contributed by atoms with Gasteiger partial charge in [0.05, 0.1) is 16.4 Å². The molecule has 2 N–H and O–H groups in total. The third-order valence-corrected chi connectivity index (χ3v) is 8.07. The molecular weight excluding hydrogens is 396 g/mol. The first-order chi connectivity index (χ1) is 15.7. The molecule has 3 aromatic rings. The van der Waals surface area contributed by atoms with E-state index in [-0.39, 0.29) is 11.3 Å². The summed E-state index contributed by atoms with van der Waals surface area (Å²) >= 11 is 0. The average molecular weight is 429 g/mol. The molecule has 1 amide bonds. The Balaban J connectivity index is 1.02. The summed E-state index contributed by atoms with van der Waals surface area (Å²) in [6, 6.07) is 14.7. The molecule has 5 heteroatoms. The van der Waals surface area contributed by atoms with Gasteiger partial charge in [-0.15, -0.1) is 0 Å². The van der Waals surface area contributed by atoms with Crippen LogP contribution in [0.4, 0.5) is 5.69 Å². The second-order valence-corrected chi connectivity index (χ2v) is 9.94. The number of carbonyl (C=O) groups excluding carboxylic acids is 1. The standard InChI is InChI=1S/C27H32N4O/c32-26-27(15-6-8-19-7-5-11-23(30-26)24(19)27)14-3-4-16-31-17-12-20(13-18-31)25-28-21-9-1-2-10-22(21)29-25/h1-2,5,7,9-11,20H,3-4,6,8,12-18H2,(H,28,29)(H,30,32). The van der Waals surface area contributed by atoms with E-state index in [4.69, 9.17) is 4.98 Å². The van der Waals surface area contributed by atoms with Gasteiger partial charge >= 0.3 is 0 Å². The summed E-state index contributed by atoms with van der Waals surface area (Å²) in [6.07, 6.45) is 8.85. The first kappa shape index (κ1) is 20.0. The molecule has 0 saturated carbocycles. The van der Waals surface area contributed by atoms with Crippen LogP contribution >= 0.6 is 0 Å². The second kappa shape index (κ2) is 8.04. The third-order valence-electron chi connectivity index (χ3n) is 8.07. The number of piperidine rings is 1. The first-order valence-corrected chi connectivity index (χ1v) is 12.3. The van der Waals surface area contributed by atoms with Crippen molar-refractivity contribution in [3.05, 3.63) is 59.4 Å². The fraction of sp³-hybridized carbons (Fsp3) is 0.481. The smallest absolute Gasteiger partial charge is 0.235 e. The summed E-state index contributed by atoms with van der Waals surface area (Å²) in [5.41, 5.74) is 5.74. The van der Waals surface area contributed by atoms with Crippen molar-refractivity contribution in [2.45, 2.75) is 62.7 Å². The van der Waals surface area contributed by atoms with E-state index in [9.17, 15) is 4.79 Å². The number of aromatic nitrogens is 2. The summed E-state index contributed by atoms with van der Waals surface area (Å²) in [5.74, 6) is 1.94. The molecule has 3 heterocycles. The Morgan fingerprint density at radius 2 is 1.94 bits per heavy atom. The fourth-order valence-electron chi connectivity index (χ4n) is 6.37. The molecular formula is C27H32N4O. The van der Waals surface area contributed by atoms with Gasteiger partial charge in [0.1, 0.15) is 5.82 Å². The fourth-order valence-corrected chi connectivity index (χ4v) is 6.37. The van der Waals surface area contributed by atoms with Gasteiger partial charge in [-0.05, 0) is 93.9 Å². The molecule has 1 atom stereocenters. The number of aromatic amines is 1. The molecule has 2 aromatic carbocycles. The topological polar surface area (TPSA) is 61.0 Å². The molecule has 1 unspecified atom stereocenters. The maximum atomic E-state index is 13.0. The van der Waals surface area contributed by atoms with Crippen molar-refractivity contribution in [1.82, 2.24) is 14.9 Å². The summed E-state index contributed by atoms with van der Waals surface area (Å²) in [5, 5.41) is 3.18. The molecule has 5 nitrogen and oxygen atoms in total. The van der Waals surface area contributed by atoms with Gasteiger partial charge in [0.2, 0.25) is 5.91 Å². The maximum absolute atomic E-state index is 13.0. The van der Waals surface area contributed by atoms with E-state index >= 15 is 0 Å². The zero-order valence-corrected chi connectivity index (χ0v) is 18.7. The van der Waals surface area contributed by atoms with Crippen LogP contribution in [0, 0.1) is 0 Å². The number of anilines is 1. The van der Waals surface area contributed by atoms with Crippen molar-refractivity contribution in [2.75, 3.05) is 25.0 Å². The van der Waals surface area contributed by atoms with Crippen molar-refractivity contribution in [3.8, 4) is 0 Å². The van der Waals surface area contributed by atoms with Gasteiger partial charge in [-0.2, -0.15) is 0 Å². The first-order valence-electron chi connectivity index (χ1n) is 12.3. The molecule has 1 aromatic heterocycles. The summed E-state index contributed by atoms with van der Waals surface area (Å²) in [6.45, 7) is 3.42. The Hall–Kier alpha value is -2.66. The Morgan fingerprint density at radius 1 is 1.06 bits per heavy atom. The lowest BCUT2D eigenvalue weighted by molar-refractivity contribution is -0.121. The minimum Gasteiger partial charge on any atom is -0.342 e. The number of nitrogens with zero attached hydrogens (tertiary/aromatic N) is 2. The van der Waals surface area contributed by atoms with E-state index in [1.807, 2.05) is 0 Å². The Morgan fingerprint density at radius 3 is 2.81 bits per heavy atom. The van der Waals surface area contributed by atoms with Gasteiger partial charge < -0.3 is 15.2 Å². The highest BCUT2D eigenvalue weighted by atomic mass is 16.2. The number of imidazole rings is 1. The molecule has 3 aliphatic rings. The number of fused-ring (bicyclic) bond motifs is 1. The minimum atomic E-state index is -0.265. The number of hydrogen-bond acceptors (Lipinski definition) is 3. The number of H-pyrrole nitrogens is 1. The monoisotopic (exact) mass is 428 g/mol. The summed E-state index contributed by atoms with van der Waals surface area (Å²) < 4.78 is 0. The lowest BCUT2D eigenvalue weighted by Gasteiger charge is -2.34. The molecule has 0 spiro atoms. The minimum absolute atomic E-state index is 0.242. The van der Waals surface area contributed by atoms with Crippen LogP contribution in [0.25, 0.3) is 11.0 Å².